The highest BCUT2D eigenvalue weighted by molar-refractivity contribution is 5.75. The minimum atomic E-state index is -2.79. The van der Waals surface area contributed by atoms with Gasteiger partial charge in [-0.25, -0.2) is 13.6 Å². The van der Waals surface area contributed by atoms with E-state index in [0.29, 0.717) is 13.1 Å². The van der Waals surface area contributed by atoms with E-state index in [-0.39, 0.29) is 18.1 Å². The molecular formula is C12H21F2N3O. The van der Waals surface area contributed by atoms with Crippen molar-refractivity contribution < 1.29 is 13.6 Å². The highest BCUT2D eigenvalue weighted by Gasteiger charge is 2.64. The molecule has 0 unspecified atom stereocenters. The van der Waals surface area contributed by atoms with Crippen LogP contribution in [0.5, 0.6) is 0 Å². The molecule has 0 saturated carbocycles. The Morgan fingerprint density at radius 1 is 1.39 bits per heavy atom. The van der Waals surface area contributed by atoms with Crippen LogP contribution in [0.25, 0.3) is 0 Å². The number of urea groups is 1. The summed E-state index contributed by atoms with van der Waals surface area (Å²) in [5.74, 6) is -2.79. The molecule has 4 nitrogen and oxygen atoms in total. The van der Waals surface area contributed by atoms with Crippen LogP contribution in [0.2, 0.25) is 0 Å². The molecule has 0 aliphatic carbocycles. The van der Waals surface area contributed by atoms with E-state index >= 15 is 0 Å². The molecule has 0 bridgehead atoms. The summed E-state index contributed by atoms with van der Waals surface area (Å²) in [6.45, 7) is 5.98. The summed E-state index contributed by atoms with van der Waals surface area (Å²) in [6, 6.07) is -0.384. The van der Waals surface area contributed by atoms with Gasteiger partial charge < -0.3 is 15.5 Å². The van der Waals surface area contributed by atoms with E-state index in [2.05, 4.69) is 10.6 Å². The molecule has 2 saturated heterocycles. The number of amides is 2. The highest BCUT2D eigenvalue weighted by Crippen LogP contribution is 2.46. The van der Waals surface area contributed by atoms with E-state index in [1.807, 2.05) is 20.8 Å². The normalized spacial score (nSPS) is 25.1. The first-order valence-corrected chi connectivity index (χ1v) is 6.37. The highest BCUT2D eigenvalue weighted by atomic mass is 19.3. The van der Waals surface area contributed by atoms with E-state index in [4.69, 9.17) is 0 Å². The molecule has 0 aromatic carbocycles. The Morgan fingerprint density at radius 3 is 2.39 bits per heavy atom. The number of halogens is 2. The Hall–Kier alpha value is -0.910. The lowest BCUT2D eigenvalue weighted by molar-refractivity contribution is -0.108. The number of likely N-dealkylation sites (tertiary alicyclic amines) is 1. The fourth-order valence-corrected chi connectivity index (χ4v) is 2.34. The van der Waals surface area contributed by atoms with Gasteiger partial charge in [0.1, 0.15) is 0 Å². The standard InChI is InChI=1S/C12H21F2N3O/c1-4-10(2,3)16-9(18)17-7-11(5-15-6-11)12(13,14)8-17/h15H,4-8H2,1-3H3,(H,16,18). The molecule has 2 N–H and O–H groups in total. The van der Waals surface area contributed by atoms with E-state index in [9.17, 15) is 13.6 Å². The fraction of sp³-hybridized carbons (Fsp3) is 0.917. The van der Waals surface area contributed by atoms with Crippen LogP contribution in [0, 0.1) is 5.41 Å². The average Bonchev–Trinajstić information content (AvgIpc) is 2.49. The Bertz CT molecular complexity index is 353. The van der Waals surface area contributed by atoms with Crippen LogP contribution in [0.15, 0.2) is 0 Å². The summed E-state index contributed by atoms with van der Waals surface area (Å²) in [7, 11) is 0. The van der Waals surface area contributed by atoms with Gasteiger partial charge in [0.05, 0.1) is 12.0 Å². The maximum absolute atomic E-state index is 13.9. The van der Waals surface area contributed by atoms with Crippen molar-refractivity contribution >= 4 is 6.03 Å². The van der Waals surface area contributed by atoms with Crippen molar-refractivity contribution in [3.05, 3.63) is 0 Å². The summed E-state index contributed by atoms with van der Waals surface area (Å²) < 4.78 is 27.8. The van der Waals surface area contributed by atoms with Gasteiger partial charge >= 0.3 is 6.03 Å². The molecule has 2 amide bonds. The topological polar surface area (TPSA) is 44.4 Å². The van der Waals surface area contributed by atoms with Gasteiger partial charge in [0.2, 0.25) is 0 Å². The van der Waals surface area contributed by atoms with E-state index in [1.165, 1.54) is 4.90 Å². The fourth-order valence-electron chi connectivity index (χ4n) is 2.34. The van der Waals surface area contributed by atoms with E-state index in [0.717, 1.165) is 6.42 Å². The summed E-state index contributed by atoms with van der Waals surface area (Å²) in [6.07, 6.45) is 0.760. The van der Waals surface area contributed by atoms with Crippen LogP contribution >= 0.6 is 0 Å². The first kappa shape index (κ1) is 13.5. The zero-order chi connectivity index (χ0) is 13.6. The van der Waals surface area contributed by atoms with Gasteiger partial charge in [0.15, 0.2) is 0 Å². The molecule has 2 fully saturated rings. The maximum atomic E-state index is 13.9. The van der Waals surface area contributed by atoms with Crippen molar-refractivity contribution in [3.8, 4) is 0 Å². The van der Waals surface area contributed by atoms with Crippen molar-refractivity contribution in [1.29, 1.82) is 0 Å². The number of rotatable bonds is 2. The van der Waals surface area contributed by atoms with Gasteiger partial charge in [0, 0.05) is 25.2 Å². The molecule has 104 valence electrons. The molecule has 2 aliphatic heterocycles. The summed E-state index contributed by atoms with van der Waals surface area (Å²) in [5, 5.41) is 5.68. The van der Waals surface area contributed by atoms with Crippen molar-refractivity contribution in [2.75, 3.05) is 26.2 Å². The SMILES string of the molecule is CCC(C)(C)NC(=O)N1CC(F)(F)C2(CNC2)C1. The second-order valence-electron chi connectivity index (χ2n) is 6.11. The van der Waals surface area contributed by atoms with Crippen LogP contribution in [0.1, 0.15) is 27.2 Å². The maximum Gasteiger partial charge on any atom is 0.318 e. The van der Waals surface area contributed by atoms with Crippen LogP contribution in [0.3, 0.4) is 0 Å². The van der Waals surface area contributed by atoms with Crippen molar-refractivity contribution in [2.24, 2.45) is 5.41 Å². The zero-order valence-corrected chi connectivity index (χ0v) is 11.1. The van der Waals surface area contributed by atoms with Crippen LogP contribution in [-0.4, -0.2) is 48.6 Å². The number of alkyl halides is 2. The molecule has 0 radical (unpaired) electrons. The first-order valence-electron chi connectivity index (χ1n) is 6.37. The number of nitrogens with one attached hydrogen (secondary N) is 2. The lowest BCUT2D eigenvalue weighted by atomic mass is 9.78. The van der Waals surface area contributed by atoms with Crippen molar-refractivity contribution in [1.82, 2.24) is 15.5 Å². The predicted octanol–water partition coefficient (Wildman–Crippen LogP) is 1.43. The molecule has 2 heterocycles. The van der Waals surface area contributed by atoms with Crippen molar-refractivity contribution in [3.63, 3.8) is 0 Å². The van der Waals surface area contributed by atoms with Gasteiger partial charge in [-0.05, 0) is 20.3 Å². The Balaban J connectivity index is 2.02. The Kier molecular flexibility index (Phi) is 3.04. The quantitative estimate of drug-likeness (QED) is 0.789. The van der Waals surface area contributed by atoms with E-state index in [1.54, 1.807) is 0 Å². The Morgan fingerprint density at radius 2 is 2.00 bits per heavy atom. The van der Waals surface area contributed by atoms with Gasteiger partial charge in [-0.1, -0.05) is 6.92 Å². The number of hydrogen-bond donors (Lipinski definition) is 2. The smallest absolute Gasteiger partial charge is 0.318 e. The van der Waals surface area contributed by atoms with Gasteiger partial charge in [0.25, 0.3) is 5.92 Å². The molecule has 1 spiro atoms. The summed E-state index contributed by atoms with van der Waals surface area (Å²) >= 11 is 0. The van der Waals surface area contributed by atoms with Gasteiger partial charge in [-0.15, -0.1) is 0 Å². The van der Waals surface area contributed by atoms with Gasteiger partial charge in [-0.2, -0.15) is 0 Å². The monoisotopic (exact) mass is 261 g/mol. The largest absolute Gasteiger partial charge is 0.333 e. The number of hydrogen-bond acceptors (Lipinski definition) is 2. The van der Waals surface area contributed by atoms with Crippen LogP contribution in [0.4, 0.5) is 13.6 Å². The number of carbonyl (C=O) groups is 1. The third-order valence-electron chi connectivity index (χ3n) is 4.20. The molecule has 0 aromatic rings. The molecule has 0 aromatic heterocycles. The van der Waals surface area contributed by atoms with Crippen LogP contribution in [-0.2, 0) is 0 Å². The molecule has 2 rings (SSSR count). The Labute approximate surface area is 106 Å². The molecule has 0 atom stereocenters. The lowest BCUT2D eigenvalue weighted by Crippen LogP contribution is -2.62. The second kappa shape index (κ2) is 4.05. The second-order valence-corrected chi connectivity index (χ2v) is 6.11. The predicted molar refractivity (Wildman–Crippen MR) is 64.7 cm³/mol. The molecule has 6 heteroatoms. The van der Waals surface area contributed by atoms with E-state index < -0.39 is 17.9 Å². The summed E-state index contributed by atoms with van der Waals surface area (Å²) in [4.78, 5) is 13.2. The van der Waals surface area contributed by atoms with Crippen molar-refractivity contribution in [2.45, 2.75) is 38.7 Å². The third-order valence-corrected chi connectivity index (χ3v) is 4.20. The zero-order valence-electron chi connectivity index (χ0n) is 11.1. The molecular weight excluding hydrogens is 240 g/mol. The molecule has 2 aliphatic rings. The number of nitrogens with zero attached hydrogens (tertiary/aromatic N) is 1. The van der Waals surface area contributed by atoms with Gasteiger partial charge in [-0.3, -0.25) is 0 Å². The third kappa shape index (κ3) is 2.06. The lowest BCUT2D eigenvalue weighted by Gasteiger charge is -2.42. The average molecular weight is 261 g/mol. The minimum absolute atomic E-state index is 0.138. The number of carbonyl (C=O) groups excluding carboxylic acids is 1. The summed E-state index contributed by atoms with van der Waals surface area (Å²) in [5.41, 5.74) is -1.40. The van der Waals surface area contributed by atoms with Crippen LogP contribution < -0.4 is 10.6 Å². The minimum Gasteiger partial charge on any atom is -0.333 e. The first-order chi connectivity index (χ1) is 8.21. The molecule has 18 heavy (non-hydrogen) atoms.